The Morgan fingerprint density at radius 2 is 1.09 bits per heavy atom. The van der Waals surface area contributed by atoms with Gasteiger partial charge >= 0.3 is 5.97 Å². The Morgan fingerprint density at radius 1 is 0.659 bits per heavy atom. The Balaban J connectivity index is 1.13. The fourth-order valence-electron chi connectivity index (χ4n) is 7.28. The standard InChI is InChI=1S/C37H66O7/c1-3-4-5-6-7-11-14-17-20-31(39)33-22-24-35(43-33)36-25-23-34(44-36)32(40)21-18-15-12-9-8-10-13-16-19-30(38)27-29-26-28(2)42-37(29)41/h26,28,30-36,38-40H,3-25,27H2,1-2H3/t28-,30+,31+,32+,33+,34+,35-,36+/m0/s1. The molecule has 3 rings (SSSR count). The Hall–Kier alpha value is -0.990. The van der Waals surface area contributed by atoms with E-state index in [0.29, 0.717) is 12.0 Å². The molecule has 2 saturated heterocycles. The van der Waals surface area contributed by atoms with E-state index in [1.54, 1.807) is 0 Å². The number of aliphatic hydroxyl groups excluding tert-OH is 3. The van der Waals surface area contributed by atoms with E-state index in [-0.39, 0.29) is 42.6 Å². The summed E-state index contributed by atoms with van der Waals surface area (Å²) in [6, 6.07) is 0. The molecule has 3 aliphatic heterocycles. The molecule has 0 radical (unpaired) electrons. The van der Waals surface area contributed by atoms with Gasteiger partial charge in [-0.15, -0.1) is 0 Å². The number of rotatable bonds is 25. The molecular weight excluding hydrogens is 556 g/mol. The fourth-order valence-corrected chi connectivity index (χ4v) is 7.28. The highest BCUT2D eigenvalue weighted by atomic mass is 16.6. The molecule has 7 nitrogen and oxygen atoms in total. The summed E-state index contributed by atoms with van der Waals surface area (Å²) < 4.78 is 17.7. The number of unbranched alkanes of at least 4 members (excludes halogenated alkanes) is 14. The van der Waals surface area contributed by atoms with Crippen molar-refractivity contribution in [2.75, 3.05) is 0 Å². The van der Waals surface area contributed by atoms with Gasteiger partial charge in [-0.1, -0.05) is 110 Å². The first kappa shape index (κ1) is 37.5. The summed E-state index contributed by atoms with van der Waals surface area (Å²) >= 11 is 0. The molecule has 3 aliphatic rings. The normalized spacial score (nSPS) is 27.4. The molecule has 256 valence electrons. The lowest BCUT2D eigenvalue weighted by Crippen LogP contribution is -2.33. The van der Waals surface area contributed by atoms with E-state index in [0.717, 1.165) is 77.0 Å². The van der Waals surface area contributed by atoms with E-state index >= 15 is 0 Å². The SMILES string of the molecule is CCCCCCCCCC[C@@H](O)[C@H]1CC[C@@H]([C@H]2CC[C@H]([C@H](O)CCCCCCCCCC[C@@H](O)CC3=C[C@H](C)OC3=O)O2)O1. The average molecular weight is 623 g/mol. The van der Waals surface area contributed by atoms with Crippen LogP contribution in [0.3, 0.4) is 0 Å². The molecule has 2 fully saturated rings. The number of cyclic esters (lactones) is 1. The average Bonchev–Trinajstić information content (AvgIpc) is 3.75. The minimum absolute atomic E-state index is 0.0519. The van der Waals surface area contributed by atoms with E-state index < -0.39 is 12.2 Å². The zero-order valence-electron chi connectivity index (χ0n) is 28.1. The van der Waals surface area contributed by atoms with Crippen LogP contribution in [-0.2, 0) is 19.0 Å². The smallest absolute Gasteiger partial charge is 0.334 e. The van der Waals surface area contributed by atoms with Crippen molar-refractivity contribution >= 4 is 5.97 Å². The summed E-state index contributed by atoms with van der Waals surface area (Å²) in [7, 11) is 0. The maximum Gasteiger partial charge on any atom is 0.334 e. The van der Waals surface area contributed by atoms with Crippen molar-refractivity contribution < 1.29 is 34.3 Å². The van der Waals surface area contributed by atoms with Crippen molar-refractivity contribution in [1.29, 1.82) is 0 Å². The number of hydrogen-bond acceptors (Lipinski definition) is 7. The Morgan fingerprint density at radius 3 is 1.52 bits per heavy atom. The van der Waals surface area contributed by atoms with Gasteiger partial charge in [0.15, 0.2) is 0 Å². The predicted octanol–water partition coefficient (Wildman–Crippen LogP) is 7.86. The number of hydrogen-bond donors (Lipinski definition) is 3. The maximum atomic E-state index is 11.7. The van der Waals surface area contributed by atoms with Gasteiger partial charge in [-0.05, 0) is 57.9 Å². The summed E-state index contributed by atoms with van der Waals surface area (Å²) in [5, 5.41) is 31.6. The van der Waals surface area contributed by atoms with Crippen LogP contribution < -0.4 is 0 Å². The van der Waals surface area contributed by atoms with Gasteiger partial charge in [0.2, 0.25) is 0 Å². The summed E-state index contributed by atoms with van der Waals surface area (Å²) in [5.74, 6) is -0.281. The third-order valence-electron chi connectivity index (χ3n) is 10.0. The molecule has 44 heavy (non-hydrogen) atoms. The summed E-state index contributed by atoms with van der Waals surface area (Å²) in [4.78, 5) is 11.7. The van der Waals surface area contributed by atoms with Crippen LogP contribution in [0.25, 0.3) is 0 Å². The molecule has 8 atom stereocenters. The van der Waals surface area contributed by atoms with Crippen molar-refractivity contribution in [3.8, 4) is 0 Å². The molecule has 0 bridgehead atoms. The van der Waals surface area contributed by atoms with Gasteiger partial charge in [0, 0.05) is 12.0 Å². The third-order valence-corrected chi connectivity index (χ3v) is 10.0. The Bertz CT molecular complexity index is 801. The minimum Gasteiger partial charge on any atom is -0.455 e. The van der Waals surface area contributed by atoms with E-state index in [9.17, 15) is 20.1 Å². The van der Waals surface area contributed by atoms with Gasteiger partial charge in [-0.3, -0.25) is 0 Å². The van der Waals surface area contributed by atoms with Crippen LogP contribution in [0.5, 0.6) is 0 Å². The molecule has 3 N–H and O–H groups in total. The molecule has 0 aromatic carbocycles. The maximum absolute atomic E-state index is 11.7. The number of aliphatic hydroxyl groups is 3. The first-order chi connectivity index (χ1) is 21.4. The second-order valence-electron chi connectivity index (χ2n) is 14.0. The Labute approximate surface area is 268 Å². The highest BCUT2D eigenvalue weighted by Gasteiger charge is 2.40. The highest BCUT2D eigenvalue weighted by molar-refractivity contribution is 5.90. The lowest BCUT2D eigenvalue weighted by atomic mass is 10.00. The van der Waals surface area contributed by atoms with E-state index in [2.05, 4.69) is 6.92 Å². The van der Waals surface area contributed by atoms with Gasteiger partial charge in [0.05, 0.1) is 42.7 Å². The fraction of sp³-hybridized carbons (Fsp3) is 0.919. The summed E-state index contributed by atoms with van der Waals surface area (Å²) in [6.07, 6.45) is 26.1. The lowest BCUT2D eigenvalue weighted by Gasteiger charge is -2.24. The predicted molar refractivity (Wildman–Crippen MR) is 175 cm³/mol. The van der Waals surface area contributed by atoms with Crippen LogP contribution in [0.1, 0.15) is 168 Å². The van der Waals surface area contributed by atoms with Crippen LogP contribution in [-0.4, -0.2) is 70.1 Å². The number of ether oxygens (including phenoxy) is 3. The summed E-state index contributed by atoms with van der Waals surface area (Å²) in [5.41, 5.74) is 0.617. The quantitative estimate of drug-likeness (QED) is 0.0703. The molecule has 3 heterocycles. The van der Waals surface area contributed by atoms with Crippen LogP contribution >= 0.6 is 0 Å². The van der Waals surface area contributed by atoms with E-state index in [4.69, 9.17) is 14.2 Å². The monoisotopic (exact) mass is 622 g/mol. The third kappa shape index (κ3) is 14.2. The molecule has 7 heteroatoms. The minimum atomic E-state index is -0.463. The molecule has 0 aromatic rings. The van der Waals surface area contributed by atoms with Crippen molar-refractivity contribution in [1.82, 2.24) is 0 Å². The van der Waals surface area contributed by atoms with Gasteiger partial charge in [-0.25, -0.2) is 4.79 Å². The van der Waals surface area contributed by atoms with Gasteiger partial charge in [0.25, 0.3) is 0 Å². The number of esters is 1. The zero-order chi connectivity index (χ0) is 31.6. The van der Waals surface area contributed by atoms with Crippen LogP contribution in [0.4, 0.5) is 0 Å². The number of carbonyl (C=O) groups excluding carboxylic acids is 1. The first-order valence-electron chi connectivity index (χ1n) is 18.6. The molecule has 0 unspecified atom stereocenters. The molecule has 0 aromatic heterocycles. The van der Waals surface area contributed by atoms with Crippen molar-refractivity contribution in [3.05, 3.63) is 11.6 Å². The molecule has 0 spiro atoms. The van der Waals surface area contributed by atoms with Gasteiger partial charge < -0.3 is 29.5 Å². The Kier molecular flexibility index (Phi) is 18.5. The second kappa shape index (κ2) is 21.7. The lowest BCUT2D eigenvalue weighted by molar-refractivity contribution is -0.139. The van der Waals surface area contributed by atoms with Crippen LogP contribution in [0, 0.1) is 0 Å². The zero-order valence-corrected chi connectivity index (χ0v) is 28.1. The van der Waals surface area contributed by atoms with Gasteiger partial charge in [-0.2, -0.15) is 0 Å². The number of carbonyl (C=O) groups is 1. The van der Waals surface area contributed by atoms with Crippen molar-refractivity contribution in [2.45, 2.75) is 217 Å². The highest BCUT2D eigenvalue weighted by Crippen LogP contribution is 2.34. The van der Waals surface area contributed by atoms with Crippen molar-refractivity contribution in [3.63, 3.8) is 0 Å². The summed E-state index contributed by atoms with van der Waals surface area (Å²) in [6.45, 7) is 4.09. The van der Waals surface area contributed by atoms with Gasteiger partial charge in [0.1, 0.15) is 6.10 Å². The molecule has 0 amide bonds. The van der Waals surface area contributed by atoms with E-state index in [1.807, 2.05) is 13.0 Å². The largest absolute Gasteiger partial charge is 0.455 e. The van der Waals surface area contributed by atoms with E-state index in [1.165, 1.54) is 70.6 Å². The van der Waals surface area contributed by atoms with Crippen LogP contribution in [0.15, 0.2) is 11.6 Å². The topological polar surface area (TPSA) is 105 Å². The molecular formula is C37H66O7. The first-order valence-corrected chi connectivity index (χ1v) is 18.6. The molecule has 0 saturated carbocycles. The van der Waals surface area contributed by atoms with Crippen LogP contribution in [0.2, 0.25) is 0 Å². The second-order valence-corrected chi connectivity index (χ2v) is 14.0. The van der Waals surface area contributed by atoms with Crippen molar-refractivity contribution in [2.24, 2.45) is 0 Å². The molecule has 0 aliphatic carbocycles.